The molecule has 0 unspecified atom stereocenters. The van der Waals surface area contributed by atoms with Crippen molar-refractivity contribution in [1.82, 2.24) is 9.13 Å². The van der Waals surface area contributed by atoms with E-state index in [0.29, 0.717) is 0 Å². The van der Waals surface area contributed by atoms with Gasteiger partial charge in [-0.15, -0.1) is 0 Å². The van der Waals surface area contributed by atoms with Gasteiger partial charge in [-0.3, -0.25) is 14.8 Å². The molecular formula is C14H13ClN4O4. The van der Waals surface area contributed by atoms with Crippen LogP contribution < -0.4 is 16.7 Å². The third kappa shape index (κ3) is 3.49. The molecule has 0 aliphatic rings. The molecule has 9 heteroatoms. The minimum absolute atomic E-state index is 0.0464. The standard InChI is InChI=1S/C14H13ClN4O4/c1-18-7-9(12(20)19(2)14(18)23)6-16-17-11-5-8(13(21)22)3-4-10(11)15/h3-7,17H,1-2H3,(H,21,22)/b16-6+. The van der Waals surface area contributed by atoms with Crippen molar-refractivity contribution in [3.05, 3.63) is 61.4 Å². The number of benzene rings is 1. The number of hydrogen-bond donors (Lipinski definition) is 2. The van der Waals surface area contributed by atoms with Crippen LogP contribution in [0.4, 0.5) is 5.69 Å². The topological polar surface area (TPSA) is 106 Å². The number of carbonyl (C=O) groups is 1. The summed E-state index contributed by atoms with van der Waals surface area (Å²) in [5, 5.41) is 13.1. The van der Waals surface area contributed by atoms with Crippen molar-refractivity contribution >= 4 is 29.5 Å². The van der Waals surface area contributed by atoms with Crippen LogP contribution in [0.5, 0.6) is 0 Å². The monoisotopic (exact) mass is 336 g/mol. The number of nitrogens with zero attached hydrogens (tertiary/aromatic N) is 3. The van der Waals surface area contributed by atoms with Crippen LogP contribution >= 0.6 is 11.6 Å². The molecule has 0 aliphatic heterocycles. The lowest BCUT2D eigenvalue weighted by atomic mass is 10.2. The molecule has 1 heterocycles. The van der Waals surface area contributed by atoms with E-state index in [1.807, 2.05) is 0 Å². The molecule has 120 valence electrons. The fraction of sp³-hybridized carbons (Fsp3) is 0.143. The van der Waals surface area contributed by atoms with E-state index in [-0.39, 0.29) is 21.8 Å². The second-order valence-electron chi connectivity index (χ2n) is 4.71. The van der Waals surface area contributed by atoms with Gasteiger partial charge in [-0.05, 0) is 18.2 Å². The van der Waals surface area contributed by atoms with Gasteiger partial charge in [0.05, 0.1) is 28.1 Å². The van der Waals surface area contributed by atoms with E-state index in [2.05, 4.69) is 10.5 Å². The minimum Gasteiger partial charge on any atom is -0.478 e. The maximum atomic E-state index is 11.9. The molecule has 1 aromatic heterocycles. The maximum Gasteiger partial charge on any atom is 0.335 e. The number of anilines is 1. The molecule has 0 radical (unpaired) electrons. The SMILES string of the molecule is Cn1cc(/C=N/Nc2cc(C(=O)O)ccc2Cl)c(=O)n(C)c1=O. The van der Waals surface area contributed by atoms with Gasteiger partial charge in [0.15, 0.2) is 0 Å². The van der Waals surface area contributed by atoms with Crippen molar-refractivity contribution < 1.29 is 9.90 Å². The van der Waals surface area contributed by atoms with Crippen molar-refractivity contribution in [2.24, 2.45) is 19.2 Å². The van der Waals surface area contributed by atoms with Gasteiger partial charge in [-0.25, -0.2) is 9.59 Å². The van der Waals surface area contributed by atoms with Crippen LogP contribution in [-0.4, -0.2) is 26.4 Å². The van der Waals surface area contributed by atoms with Crippen LogP contribution in [0.1, 0.15) is 15.9 Å². The van der Waals surface area contributed by atoms with E-state index in [4.69, 9.17) is 16.7 Å². The maximum absolute atomic E-state index is 11.9. The normalized spacial score (nSPS) is 10.9. The third-order valence-corrected chi connectivity index (χ3v) is 3.40. The molecule has 2 rings (SSSR count). The predicted molar refractivity (Wildman–Crippen MR) is 86.6 cm³/mol. The number of halogens is 1. The third-order valence-electron chi connectivity index (χ3n) is 3.07. The summed E-state index contributed by atoms with van der Waals surface area (Å²) in [7, 11) is 2.88. The number of hydrogen-bond acceptors (Lipinski definition) is 5. The van der Waals surface area contributed by atoms with Gasteiger partial charge in [0.1, 0.15) is 0 Å². The highest BCUT2D eigenvalue weighted by molar-refractivity contribution is 6.33. The zero-order chi connectivity index (χ0) is 17.1. The first kappa shape index (κ1) is 16.5. The average Bonchev–Trinajstić information content (AvgIpc) is 2.51. The van der Waals surface area contributed by atoms with Crippen LogP contribution in [-0.2, 0) is 14.1 Å². The molecule has 0 bridgehead atoms. The van der Waals surface area contributed by atoms with Gasteiger partial charge in [-0.1, -0.05) is 11.6 Å². The Morgan fingerprint density at radius 2 is 2.04 bits per heavy atom. The molecule has 0 saturated carbocycles. The molecule has 0 saturated heterocycles. The second-order valence-corrected chi connectivity index (χ2v) is 5.12. The Balaban J connectivity index is 2.30. The van der Waals surface area contributed by atoms with Gasteiger partial charge in [0, 0.05) is 20.3 Å². The number of carboxylic acid groups (broad SMARTS) is 1. The second kappa shape index (κ2) is 6.49. The molecule has 1 aromatic carbocycles. The summed E-state index contributed by atoms with van der Waals surface area (Å²) in [6, 6.07) is 4.11. The van der Waals surface area contributed by atoms with Crippen LogP contribution in [0.25, 0.3) is 0 Å². The summed E-state index contributed by atoms with van der Waals surface area (Å²) in [4.78, 5) is 34.4. The molecule has 0 spiro atoms. The highest BCUT2D eigenvalue weighted by Gasteiger charge is 2.07. The summed E-state index contributed by atoms with van der Waals surface area (Å²) >= 11 is 5.94. The lowest BCUT2D eigenvalue weighted by Gasteiger charge is -2.05. The van der Waals surface area contributed by atoms with Gasteiger partial charge in [0.2, 0.25) is 0 Å². The van der Waals surface area contributed by atoms with Crippen LogP contribution in [0, 0.1) is 0 Å². The van der Waals surface area contributed by atoms with Crippen molar-refractivity contribution in [3.8, 4) is 0 Å². The zero-order valence-corrected chi connectivity index (χ0v) is 13.0. The van der Waals surface area contributed by atoms with E-state index in [1.165, 1.54) is 49.3 Å². The van der Waals surface area contributed by atoms with Crippen molar-refractivity contribution in [2.45, 2.75) is 0 Å². The Bertz CT molecular complexity index is 914. The number of aryl methyl sites for hydroxylation is 1. The van der Waals surface area contributed by atoms with Crippen molar-refractivity contribution in [3.63, 3.8) is 0 Å². The number of aromatic carboxylic acids is 1. The fourth-order valence-corrected chi connectivity index (χ4v) is 2.00. The molecule has 0 fully saturated rings. The van der Waals surface area contributed by atoms with E-state index in [0.717, 1.165) is 4.57 Å². The Kier molecular flexibility index (Phi) is 4.65. The van der Waals surface area contributed by atoms with Gasteiger partial charge >= 0.3 is 11.7 Å². The predicted octanol–water partition coefficient (Wildman–Crippen LogP) is 0.882. The first-order chi connectivity index (χ1) is 10.8. The van der Waals surface area contributed by atoms with E-state index >= 15 is 0 Å². The Morgan fingerprint density at radius 1 is 1.35 bits per heavy atom. The molecule has 2 aromatic rings. The summed E-state index contributed by atoms with van der Waals surface area (Å²) in [5.41, 5.74) is 2.15. The number of rotatable bonds is 4. The molecular weight excluding hydrogens is 324 g/mol. The van der Waals surface area contributed by atoms with Crippen LogP contribution in [0.3, 0.4) is 0 Å². The van der Waals surface area contributed by atoms with Crippen LogP contribution in [0.15, 0.2) is 39.1 Å². The smallest absolute Gasteiger partial charge is 0.335 e. The molecule has 0 atom stereocenters. The zero-order valence-electron chi connectivity index (χ0n) is 12.3. The first-order valence-electron chi connectivity index (χ1n) is 6.40. The van der Waals surface area contributed by atoms with E-state index < -0.39 is 17.2 Å². The lowest BCUT2D eigenvalue weighted by Crippen LogP contribution is -2.38. The number of aromatic nitrogens is 2. The minimum atomic E-state index is -1.10. The number of hydrazone groups is 1. The fourth-order valence-electron chi connectivity index (χ4n) is 1.84. The average molecular weight is 337 g/mol. The van der Waals surface area contributed by atoms with Crippen molar-refractivity contribution in [2.75, 3.05) is 5.43 Å². The van der Waals surface area contributed by atoms with Gasteiger partial charge in [-0.2, -0.15) is 5.10 Å². The van der Waals surface area contributed by atoms with Gasteiger partial charge in [0.25, 0.3) is 5.56 Å². The molecule has 0 aliphatic carbocycles. The number of carboxylic acids is 1. The Hall–Kier alpha value is -2.87. The highest BCUT2D eigenvalue weighted by atomic mass is 35.5. The summed E-state index contributed by atoms with van der Waals surface area (Å²) in [6.45, 7) is 0. The van der Waals surface area contributed by atoms with E-state index in [1.54, 1.807) is 0 Å². The van der Waals surface area contributed by atoms with E-state index in [9.17, 15) is 14.4 Å². The molecule has 0 amide bonds. The lowest BCUT2D eigenvalue weighted by molar-refractivity contribution is 0.0697. The highest BCUT2D eigenvalue weighted by Crippen LogP contribution is 2.22. The molecule has 2 N–H and O–H groups in total. The molecule has 8 nitrogen and oxygen atoms in total. The quantitative estimate of drug-likeness (QED) is 0.637. The summed E-state index contributed by atoms with van der Waals surface area (Å²) < 4.78 is 2.21. The first-order valence-corrected chi connectivity index (χ1v) is 6.77. The Labute approximate surface area is 135 Å². The largest absolute Gasteiger partial charge is 0.478 e. The Morgan fingerprint density at radius 3 is 2.70 bits per heavy atom. The summed E-state index contributed by atoms with van der Waals surface area (Å²) in [6.07, 6.45) is 2.58. The van der Waals surface area contributed by atoms with Crippen LogP contribution in [0.2, 0.25) is 5.02 Å². The van der Waals surface area contributed by atoms with Gasteiger partial charge < -0.3 is 9.67 Å². The molecule has 23 heavy (non-hydrogen) atoms. The number of nitrogens with one attached hydrogen (secondary N) is 1. The summed E-state index contributed by atoms with van der Waals surface area (Å²) in [5.74, 6) is -1.10. The van der Waals surface area contributed by atoms with Crippen molar-refractivity contribution in [1.29, 1.82) is 0 Å².